The van der Waals surface area contributed by atoms with Gasteiger partial charge in [0.2, 0.25) is 0 Å². The van der Waals surface area contributed by atoms with Crippen molar-refractivity contribution in [2.24, 2.45) is 0 Å². The van der Waals surface area contributed by atoms with Crippen LogP contribution < -0.4 is 0 Å². The summed E-state index contributed by atoms with van der Waals surface area (Å²) in [5, 5.41) is 0. The van der Waals surface area contributed by atoms with Gasteiger partial charge in [0.1, 0.15) is 0 Å². The molecule has 0 aromatic carbocycles. The number of hydrogen-bond acceptors (Lipinski definition) is 4. The van der Waals surface area contributed by atoms with Gasteiger partial charge in [-0.1, -0.05) is 48.5 Å². The topological polar surface area (TPSA) is 52.6 Å². The van der Waals surface area contributed by atoms with Crippen LogP contribution in [-0.2, 0) is 18.8 Å². The van der Waals surface area contributed by atoms with Gasteiger partial charge in [0.15, 0.2) is 0 Å². The molecule has 0 saturated carbocycles. The van der Waals surface area contributed by atoms with Crippen molar-refractivity contribution in [1.82, 2.24) is 0 Å². The molecule has 1 atom stereocenters. The Morgan fingerprint density at radius 1 is 0.864 bits per heavy atom. The summed E-state index contributed by atoms with van der Waals surface area (Å²) in [6.45, 7) is 16.4. The third-order valence-electron chi connectivity index (χ3n) is 4.23. The van der Waals surface area contributed by atoms with Crippen LogP contribution in [0.25, 0.3) is 0 Å². The molecule has 0 aromatic heterocycles. The fourth-order valence-electron chi connectivity index (χ4n) is 3.02. The molecular weight excluding hydrogens is 296 g/mol. The van der Waals surface area contributed by atoms with Crippen molar-refractivity contribution in [2.75, 3.05) is 0 Å². The Balaban J connectivity index is 4.96. The number of hydrogen-bond donors (Lipinski definition) is 0. The van der Waals surface area contributed by atoms with Crippen LogP contribution in [-0.4, -0.2) is 26.4 Å². The largest absolute Gasteiger partial charge is 0.515 e. The van der Waals surface area contributed by atoms with Gasteiger partial charge in [-0.05, 0) is 30.0 Å². The van der Waals surface area contributed by atoms with Gasteiger partial charge in [-0.15, -0.1) is 0 Å². The molecule has 22 heavy (non-hydrogen) atoms. The summed E-state index contributed by atoms with van der Waals surface area (Å²) in [4.78, 5) is 23.7. The monoisotopic (exact) mass is 328 g/mol. The second-order valence-corrected chi connectivity index (χ2v) is 12.1. The van der Waals surface area contributed by atoms with Gasteiger partial charge in [-0.2, -0.15) is 0 Å². The maximum absolute atomic E-state index is 12.1. The Bertz CT molecular complexity index is 378. The molecule has 0 N–H and O–H groups in total. The smallest absolute Gasteiger partial charge is 0.331 e. The molecular formula is C17H32O4Si. The molecule has 0 rings (SSSR count). The van der Waals surface area contributed by atoms with Crippen LogP contribution in [0.15, 0.2) is 12.2 Å². The highest BCUT2D eigenvalue weighted by molar-refractivity contribution is 6.79. The van der Waals surface area contributed by atoms with Crippen molar-refractivity contribution in [3.63, 3.8) is 0 Å². The van der Waals surface area contributed by atoms with Crippen molar-refractivity contribution >= 4 is 20.3 Å². The Morgan fingerprint density at radius 3 is 1.64 bits per heavy atom. The first-order valence-corrected chi connectivity index (χ1v) is 10.3. The molecule has 5 heteroatoms. The molecule has 0 aliphatic rings. The van der Waals surface area contributed by atoms with Crippen molar-refractivity contribution in [3.05, 3.63) is 12.2 Å². The number of carbonyl (C=O) groups excluding carboxylic acids is 2. The SMILES string of the molecule is CCC(C)OC(=O)/C=C\C(=O)O[Si](C(C)C)(C(C)C)C(C)C. The van der Waals surface area contributed by atoms with E-state index in [1.807, 2.05) is 13.8 Å². The zero-order valence-electron chi connectivity index (χ0n) is 15.3. The number of ether oxygens (including phenoxy) is 1. The molecule has 1 unspecified atom stereocenters. The Labute approximate surface area is 136 Å². The lowest BCUT2D eigenvalue weighted by atomic mass is 10.3. The highest BCUT2D eigenvalue weighted by Gasteiger charge is 2.47. The third kappa shape index (κ3) is 5.59. The molecule has 4 nitrogen and oxygen atoms in total. The summed E-state index contributed by atoms with van der Waals surface area (Å²) in [6.07, 6.45) is 2.95. The van der Waals surface area contributed by atoms with Crippen molar-refractivity contribution in [3.8, 4) is 0 Å². The molecule has 0 heterocycles. The van der Waals surface area contributed by atoms with E-state index < -0.39 is 20.3 Å². The first-order valence-electron chi connectivity index (χ1n) is 8.19. The average Bonchev–Trinajstić information content (AvgIpc) is 2.41. The minimum absolute atomic E-state index is 0.149. The molecule has 0 aliphatic carbocycles. The highest BCUT2D eigenvalue weighted by atomic mass is 28.4. The van der Waals surface area contributed by atoms with E-state index in [0.717, 1.165) is 12.5 Å². The summed E-state index contributed by atoms with van der Waals surface area (Å²) >= 11 is 0. The lowest BCUT2D eigenvalue weighted by molar-refractivity contribution is -0.142. The van der Waals surface area contributed by atoms with Crippen LogP contribution in [0.2, 0.25) is 16.6 Å². The van der Waals surface area contributed by atoms with E-state index >= 15 is 0 Å². The summed E-state index contributed by atoms with van der Waals surface area (Å²) in [5.41, 5.74) is 0.950. The summed E-state index contributed by atoms with van der Waals surface area (Å²) in [7, 11) is -2.25. The predicted octanol–water partition coefficient (Wildman–Crippen LogP) is 4.60. The second kappa shape index (κ2) is 9.13. The zero-order valence-corrected chi connectivity index (χ0v) is 16.3. The van der Waals surface area contributed by atoms with E-state index in [9.17, 15) is 9.59 Å². The number of rotatable bonds is 8. The van der Waals surface area contributed by atoms with Crippen molar-refractivity contribution < 1.29 is 18.8 Å². The van der Waals surface area contributed by atoms with Crippen LogP contribution in [0, 0.1) is 0 Å². The van der Waals surface area contributed by atoms with Crippen LogP contribution >= 0.6 is 0 Å². The molecule has 0 amide bonds. The minimum Gasteiger partial charge on any atom is -0.515 e. The Morgan fingerprint density at radius 2 is 1.27 bits per heavy atom. The van der Waals surface area contributed by atoms with Crippen LogP contribution in [0.4, 0.5) is 0 Å². The van der Waals surface area contributed by atoms with Gasteiger partial charge < -0.3 is 9.16 Å². The van der Waals surface area contributed by atoms with Crippen molar-refractivity contribution in [1.29, 1.82) is 0 Å². The van der Waals surface area contributed by atoms with E-state index in [-0.39, 0.29) is 6.10 Å². The molecule has 0 bridgehead atoms. The fraction of sp³-hybridized carbons (Fsp3) is 0.765. The van der Waals surface area contributed by atoms with E-state index in [2.05, 4.69) is 41.5 Å². The Hall–Kier alpha value is -1.10. The first-order chi connectivity index (χ1) is 10.1. The fourth-order valence-corrected chi connectivity index (χ4v) is 8.14. The molecule has 0 fully saturated rings. The molecule has 0 radical (unpaired) electrons. The maximum atomic E-state index is 12.1. The van der Waals surface area contributed by atoms with Crippen LogP contribution in [0.1, 0.15) is 61.8 Å². The average molecular weight is 329 g/mol. The summed E-state index contributed by atoms with van der Waals surface area (Å²) < 4.78 is 11.0. The molecule has 128 valence electrons. The third-order valence-corrected chi connectivity index (χ3v) is 10.2. The van der Waals surface area contributed by atoms with Gasteiger partial charge in [-0.3, -0.25) is 0 Å². The van der Waals surface area contributed by atoms with E-state index in [0.29, 0.717) is 16.6 Å². The summed E-state index contributed by atoms with van der Waals surface area (Å²) in [5.74, 6) is -0.943. The lowest BCUT2D eigenvalue weighted by Gasteiger charge is -2.40. The molecule has 0 aliphatic heterocycles. The van der Waals surface area contributed by atoms with Gasteiger partial charge >= 0.3 is 11.9 Å². The normalized spacial score (nSPS) is 14.0. The quantitative estimate of drug-likeness (QED) is 0.371. The molecule has 0 aromatic rings. The number of carbonyl (C=O) groups is 2. The maximum Gasteiger partial charge on any atom is 0.331 e. The highest BCUT2D eigenvalue weighted by Crippen LogP contribution is 2.42. The first kappa shape index (κ1) is 20.9. The predicted molar refractivity (Wildman–Crippen MR) is 92.1 cm³/mol. The molecule has 0 saturated heterocycles. The van der Waals surface area contributed by atoms with Crippen molar-refractivity contribution in [2.45, 2.75) is 84.5 Å². The second-order valence-electron chi connectivity index (χ2n) is 6.73. The standard InChI is InChI=1S/C17H32O4Si/c1-9-15(8)20-16(18)10-11-17(19)21-22(12(2)3,13(4)5)14(6)7/h10-15H,9H2,1-8H3/b11-10-. The van der Waals surface area contributed by atoms with E-state index in [1.165, 1.54) is 6.08 Å². The minimum atomic E-state index is -2.25. The van der Waals surface area contributed by atoms with E-state index in [4.69, 9.17) is 9.16 Å². The van der Waals surface area contributed by atoms with E-state index in [1.54, 1.807) is 0 Å². The zero-order chi connectivity index (χ0) is 17.5. The number of esters is 1. The van der Waals surface area contributed by atoms with Gasteiger partial charge in [-0.25, -0.2) is 9.59 Å². The van der Waals surface area contributed by atoms with Gasteiger partial charge in [0.25, 0.3) is 8.32 Å². The van der Waals surface area contributed by atoms with Crippen LogP contribution in [0.5, 0.6) is 0 Å². The van der Waals surface area contributed by atoms with Gasteiger partial charge in [0, 0.05) is 12.2 Å². The molecule has 0 spiro atoms. The summed E-state index contributed by atoms with van der Waals surface area (Å²) in [6, 6.07) is 0. The Kier molecular flexibility index (Phi) is 8.67. The van der Waals surface area contributed by atoms with Crippen LogP contribution in [0.3, 0.4) is 0 Å². The lowest BCUT2D eigenvalue weighted by Crippen LogP contribution is -2.49. The van der Waals surface area contributed by atoms with Gasteiger partial charge in [0.05, 0.1) is 6.10 Å².